The number of rotatable bonds is 0. The van der Waals surface area contributed by atoms with Crippen LogP contribution in [0.1, 0.15) is 30.4 Å². The second-order valence-electron chi connectivity index (χ2n) is 5.09. The molecule has 3 heteroatoms. The van der Waals surface area contributed by atoms with E-state index in [-0.39, 0.29) is 11.5 Å². The molecule has 1 heterocycles. The predicted molar refractivity (Wildman–Crippen MR) is 70.2 cm³/mol. The molecule has 1 fully saturated rings. The van der Waals surface area contributed by atoms with Crippen molar-refractivity contribution in [2.75, 3.05) is 13.2 Å². The highest BCUT2D eigenvalue weighted by atomic mass is 79.9. The summed E-state index contributed by atoms with van der Waals surface area (Å²) in [6.45, 7) is 1.53. The van der Waals surface area contributed by atoms with Gasteiger partial charge in [0.25, 0.3) is 0 Å². The summed E-state index contributed by atoms with van der Waals surface area (Å²) in [5.74, 6) is 0. The Balaban J connectivity index is 2.12. The van der Waals surface area contributed by atoms with E-state index in [4.69, 9.17) is 4.74 Å². The molecule has 1 aromatic carbocycles. The number of fused-ring (bicyclic) bond motifs is 2. The molecule has 1 unspecified atom stereocenters. The number of hydrogen-bond donors (Lipinski definition) is 1. The fraction of sp³-hybridized carbons (Fsp3) is 0.571. The van der Waals surface area contributed by atoms with E-state index in [0.29, 0.717) is 0 Å². The van der Waals surface area contributed by atoms with Crippen molar-refractivity contribution in [1.82, 2.24) is 0 Å². The largest absolute Gasteiger partial charge is 0.392 e. The van der Waals surface area contributed by atoms with Crippen LogP contribution in [-0.4, -0.2) is 24.4 Å². The fourth-order valence-corrected chi connectivity index (χ4v) is 3.92. The summed E-state index contributed by atoms with van der Waals surface area (Å²) in [5, 5.41) is 10.5. The molecule has 92 valence electrons. The first kappa shape index (κ1) is 11.7. The quantitative estimate of drug-likeness (QED) is 0.798. The smallest absolute Gasteiger partial charge is 0.0641 e. The van der Waals surface area contributed by atoms with Crippen LogP contribution in [0.5, 0.6) is 0 Å². The number of aliphatic hydroxyl groups excluding tert-OH is 1. The predicted octanol–water partition coefficient (Wildman–Crippen LogP) is 2.80. The average molecular weight is 297 g/mol. The molecule has 1 spiro atoms. The molecule has 0 saturated carbocycles. The summed E-state index contributed by atoms with van der Waals surface area (Å²) in [7, 11) is 0. The van der Waals surface area contributed by atoms with Crippen molar-refractivity contribution in [3.63, 3.8) is 0 Å². The Morgan fingerprint density at radius 2 is 2.06 bits per heavy atom. The lowest BCUT2D eigenvalue weighted by atomic mass is 9.64. The first-order chi connectivity index (χ1) is 8.24. The third kappa shape index (κ3) is 1.76. The highest BCUT2D eigenvalue weighted by Gasteiger charge is 2.44. The van der Waals surface area contributed by atoms with Gasteiger partial charge in [0.15, 0.2) is 0 Å². The van der Waals surface area contributed by atoms with Gasteiger partial charge < -0.3 is 9.84 Å². The molecular weight excluding hydrogens is 280 g/mol. The number of benzene rings is 1. The Labute approximate surface area is 110 Å². The van der Waals surface area contributed by atoms with Crippen molar-refractivity contribution in [3.05, 3.63) is 33.8 Å². The third-order valence-electron chi connectivity index (χ3n) is 4.35. The highest BCUT2D eigenvalue weighted by Crippen LogP contribution is 2.46. The molecule has 0 amide bonds. The second-order valence-corrected chi connectivity index (χ2v) is 5.94. The standard InChI is InChI=1S/C14H17BrO2/c15-12-3-1-2-11-10(12)4-5-13(16)14(11)6-8-17-9-7-14/h1-3,13,16H,4-9H2. The van der Waals surface area contributed by atoms with Crippen LogP contribution in [0.2, 0.25) is 0 Å². The van der Waals surface area contributed by atoms with E-state index in [1.165, 1.54) is 15.6 Å². The zero-order valence-corrected chi connectivity index (χ0v) is 11.4. The van der Waals surface area contributed by atoms with E-state index in [9.17, 15) is 5.11 Å². The summed E-state index contributed by atoms with van der Waals surface area (Å²) in [4.78, 5) is 0. The van der Waals surface area contributed by atoms with Gasteiger partial charge in [0.05, 0.1) is 6.10 Å². The molecule has 1 aromatic rings. The minimum Gasteiger partial charge on any atom is -0.392 e. The molecule has 0 radical (unpaired) electrons. The molecule has 1 N–H and O–H groups in total. The number of ether oxygens (including phenoxy) is 1. The van der Waals surface area contributed by atoms with Gasteiger partial charge in [-0.15, -0.1) is 0 Å². The molecule has 2 nitrogen and oxygen atoms in total. The fourth-order valence-electron chi connectivity index (χ4n) is 3.35. The third-order valence-corrected chi connectivity index (χ3v) is 5.09. The SMILES string of the molecule is OC1CCc2c(Br)cccc2C12CCOCC2. The number of halogens is 1. The van der Waals surface area contributed by atoms with Gasteiger partial charge in [-0.1, -0.05) is 28.1 Å². The van der Waals surface area contributed by atoms with E-state index >= 15 is 0 Å². The molecule has 1 saturated heterocycles. The van der Waals surface area contributed by atoms with E-state index < -0.39 is 0 Å². The van der Waals surface area contributed by atoms with Gasteiger partial charge in [-0.05, 0) is 42.9 Å². The van der Waals surface area contributed by atoms with Crippen molar-refractivity contribution in [1.29, 1.82) is 0 Å². The Bertz CT molecular complexity index is 424. The lowest BCUT2D eigenvalue weighted by Crippen LogP contribution is -2.47. The van der Waals surface area contributed by atoms with Crippen molar-refractivity contribution >= 4 is 15.9 Å². The maximum absolute atomic E-state index is 10.5. The lowest BCUT2D eigenvalue weighted by Gasteiger charge is -2.45. The lowest BCUT2D eigenvalue weighted by molar-refractivity contribution is -0.0238. The zero-order valence-electron chi connectivity index (χ0n) is 9.79. The highest BCUT2D eigenvalue weighted by molar-refractivity contribution is 9.10. The van der Waals surface area contributed by atoms with E-state index in [1.54, 1.807) is 0 Å². The molecule has 1 aliphatic carbocycles. The normalized spacial score (nSPS) is 26.8. The molecule has 3 rings (SSSR count). The van der Waals surface area contributed by atoms with Crippen LogP contribution in [0.25, 0.3) is 0 Å². The van der Waals surface area contributed by atoms with Gasteiger partial charge in [0.2, 0.25) is 0 Å². The first-order valence-electron chi connectivity index (χ1n) is 6.28. The molecule has 0 bridgehead atoms. The molecule has 1 aliphatic heterocycles. The van der Waals surface area contributed by atoms with Gasteiger partial charge in [-0.2, -0.15) is 0 Å². The molecular formula is C14H17BrO2. The van der Waals surface area contributed by atoms with Crippen molar-refractivity contribution in [3.8, 4) is 0 Å². The Kier molecular flexibility index (Phi) is 3.01. The maximum atomic E-state index is 10.5. The van der Waals surface area contributed by atoms with Crippen LogP contribution in [0, 0.1) is 0 Å². The molecule has 1 atom stereocenters. The summed E-state index contributed by atoms with van der Waals surface area (Å²) in [6.07, 6.45) is 3.51. The van der Waals surface area contributed by atoms with Crippen LogP contribution < -0.4 is 0 Å². The van der Waals surface area contributed by atoms with Gasteiger partial charge >= 0.3 is 0 Å². The zero-order chi connectivity index (χ0) is 11.9. The van der Waals surface area contributed by atoms with Crippen LogP contribution >= 0.6 is 15.9 Å². The van der Waals surface area contributed by atoms with Gasteiger partial charge in [-0.25, -0.2) is 0 Å². The van der Waals surface area contributed by atoms with Gasteiger partial charge in [-0.3, -0.25) is 0 Å². The van der Waals surface area contributed by atoms with Gasteiger partial charge in [0.1, 0.15) is 0 Å². The van der Waals surface area contributed by atoms with E-state index in [1.807, 2.05) is 0 Å². The molecule has 17 heavy (non-hydrogen) atoms. The summed E-state index contributed by atoms with van der Waals surface area (Å²) >= 11 is 3.64. The number of hydrogen-bond acceptors (Lipinski definition) is 2. The molecule has 2 aliphatic rings. The van der Waals surface area contributed by atoms with Crippen LogP contribution in [-0.2, 0) is 16.6 Å². The van der Waals surface area contributed by atoms with E-state index in [2.05, 4.69) is 34.1 Å². The topological polar surface area (TPSA) is 29.5 Å². The molecule has 0 aromatic heterocycles. The summed E-state index contributed by atoms with van der Waals surface area (Å²) in [6, 6.07) is 6.37. The maximum Gasteiger partial charge on any atom is 0.0641 e. The van der Waals surface area contributed by atoms with Crippen LogP contribution in [0.15, 0.2) is 22.7 Å². The Morgan fingerprint density at radius 1 is 1.29 bits per heavy atom. The van der Waals surface area contributed by atoms with Gasteiger partial charge in [0, 0.05) is 23.1 Å². The van der Waals surface area contributed by atoms with Crippen molar-refractivity contribution < 1.29 is 9.84 Å². The second kappa shape index (κ2) is 4.38. The van der Waals surface area contributed by atoms with E-state index in [0.717, 1.165) is 38.9 Å². The first-order valence-corrected chi connectivity index (χ1v) is 7.07. The Morgan fingerprint density at radius 3 is 2.82 bits per heavy atom. The van der Waals surface area contributed by atoms with Crippen molar-refractivity contribution in [2.24, 2.45) is 0 Å². The minimum absolute atomic E-state index is 0.0599. The summed E-state index contributed by atoms with van der Waals surface area (Å²) in [5.41, 5.74) is 2.67. The van der Waals surface area contributed by atoms with Crippen LogP contribution in [0.3, 0.4) is 0 Å². The summed E-state index contributed by atoms with van der Waals surface area (Å²) < 4.78 is 6.66. The van der Waals surface area contributed by atoms with Crippen molar-refractivity contribution in [2.45, 2.75) is 37.2 Å². The van der Waals surface area contributed by atoms with Crippen LogP contribution in [0.4, 0.5) is 0 Å². The number of aliphatic hydroxyl groups is 1. The monoisotopic (exact) mass is 296 g/mol. The minimum atomic E-state index is -0.215. The average Bonchev–Trinajstić information content (AvgIpc) is 2.36. The Hall–Kier alpha value is -0.380.